The van der Waals surface area contributed by atoms with Crippen LogP contribution in [0, 0.1) is 0 Å². The van der Waals surface area contributed by atoms with Crippen LogP contribution in [0.5, 0.6) is 5.88 Å². The van der Waals surface area contributed by atoms with Crippen LogP contribution in [0.25, 0.3) is 0 Å². The van der Waals surface area contributed by atoms with Gasteiger partial charge in [-0.1, -0.05) is 25.8 Å². The molecule has 0 aliphatic carbocycles. The third-order valence-electron chi connectivity index (χ3n) is 2.06. The molecule has 1 aromatic rings. The topological polar surface area (TPSA) is 48.1 Å². The summed E-state index contributed by atoms with van der Waals surface area (Å²) in [6, 6.07) is 3.82. The van der Waals surface area contributed by atoms with Crippen LogP contribution in [-0.4, -0.2) is 11.6 Å². The Kier molecular flexibility index (Phi) is 5.00. The molecule has 1 heterocycles. The number of pyridine rings is 1. The van der Waals surface area contributed by atoms with Crippen LogP contribution in [-0.2, 0) is 6.54 Å². The summed E-state index contributed by atoms with van der Waals surface area (Å²) in [5, 5.41) is 0. The van der Waals surface area contributed by atoms with Gasteiger partial charge in [0.05, 0.1) is 6.61 Å². The number of nitrogens with two attached hydrogens (primary N) is 1. The molecular weight excluding hydrogens is 176 g/mol. The Morgan fingerprint density at radius 3 is 3.00 bits per heavy atom. The van der Waals surface area contributed by atoms with E-state index in [4.69, 9.17) is 10.5 Å². The highest BCUT2D eigenvalue weighted by Gasteiger charge is 2.01. The second-order valence-electron chi connectivity index (χ2n) is 3.23. The van der Waals surface area contributed by atoms with Crippen molar-refractivity contribution < 1.29 is 4.74 Å². The third kappa shape index (κ3) is 3.34. The standard InChI is InChI=1S/C11H18N2O/c1-2-3-4-8-14-11-10(9-12)6-5-7-13-11/h5-7H,2-4,8-9,12H2,1H3. The number of nitrogens with zero attached hydrogens (tertiary/aromatic N) is 1. The molecule has 3 heteroatoms. The van der Waals surface area contributed by atoms with Gasteiger partial charge in [0.2, 0.25) is 5.88 Å². The summed E-state index contributed by atoms with van der Waals surface area (Å²) in [6.45, 7) is 3.39. The van der Waals surface area contributed by atoms with Crippen molar-refractivity contribution in [3.05, 3.63) is 23.9 Å². The van der Waals surface area contributed by atoms with Crippen molar-refractivity contribution in [2.75, 3.05) is 6.61 Å². The molecule has 0 amide bonds. The van der Waals surface area contributed by atoms with E-state index < -0.39 is 0 Å². The minimum absolute atomic E-state index is 0.483. The molecule has 0 spiro atoms. The highest BCUT2D eigenvalue weighted by molar-refractivity contribution is 5.24. The molecule has 2 N–H and O–H groups in total. The molecule has 0 fully saturated rings. The van der Waals surface area contributed by atoms with Gasteiger partial charge in [-0.25, -0.2) is 4.98 Å². The fourth-order valence-electron chi connectivity index (χ4n) is 1.23. The van der Waals surface area contributed by atoms with Crippen molar-refractivity contribution in [2.45, 2.75) is 32.7 Å². The third-order valence-corrected chi connectivity index (χ3v) is 2.06. The molecule has 0 unspecified atom stereocenters. The molecule has 0 aliphatic heterocycles. The zero-order valence-corrected chi connectivity index (χ0v) is 8.70. The van der Waals surface area contributed by atoms with Crippen molar-refractivity contribution in [3.8, 4) is 5.88 Å². The van der Waals surface area contributed by atoms with Gasteiger partial charge in [-0.2, -0.15) is 0 Å². The Morgan fingerprint density at radius 1 is 1.43 bits per heavy atom. The highest BCUT2D eigenvalue weighted by atomic mass is 16.5. The zero-order chi connectivity index (χ0) is 10.2. The molecule has 0 bridgehead atoms. The first kappa shape index (κ1) is 11.0. The van der Waals surface area contributed by atoms with Crippen molar-refractivity contribution in [1.29, 1.82) is 0 Å². The number of aromatic nitrogens is 1. The quantitative estimate of drug-likeness (QED) is 0.705. The molecule has 1 rings (SSSR count). The minimum atomic E-state index is 0.483. The van der Waals surface area contributed by atoms with Gasteiger partial charge in [0, 0.05) is 18.3 Å². The van der Waals surface area contributed by atoms with Crippen LogP contribution < -0.4 is 10.5 Å². The number of ether oxygens (including phenoxy) is 1. The highest BCUT2D eigenvalue weighted by Crippen LogP contribution is 2.13. The van der Waals surface area contributed by atoms with E-state index in [1.54, 1.807) is 6.20 Å². The second kappa shape index (κ2) is 6.38. The van der Waals surface area contributed by atoms with E-state index in [9.17, 15) is 0 Å². The molecule has 0 saturated carbocycles. The molecular formula is C11H18N2O. The van der Waals surface area contributed by atoms with Gasteiger partial charge in [0.1, 0.15) is 0 Å². The molecule has 14 heavy (non-hydrogen) atoms. The fourth-order valence-corrected chi connectivity index (χ4v) is 1.23. The van der Waals surface area contributed by atoms with E-state index in [1.165, 1.54) is 12.8 Å². The van der Waals surface area contributed by atoms with E-state index in [-0.39, 0.29) is 0 Å². The van der Waals surface area contributed by atoms with Crippen molar-refractivity contribution in [1.82, 2.24) is 4.98 Å². The van der Waals surface area contributed by atoms with E-state index in [0.29, 0.717) is 12.4 Å². The first-order valence-corrected chi connectivity index (χ1v) is 5.15. The normalized spacial score (nSPS) is 10.1. The monoisotopic (exact) mass is 194 g/mol. The van der Waals surface area contributed by atoms with Crippen molar-refractivity contribution in [2.24, 2.45) is 5.73 Å². The Labute approximate surface area is 85.3 Å². The zero-order valence-electron chi connectivity index (χ0n) is 8.70. The van der Waals surface area contributed by atoms with Gasteiger partial charge in [0.15, 0.2) is 0 Å². The summed E-state index contributed by atoms with van der Waals surface area (Å²) in [5.74, 6) is 0.686. The SMILES string of the molecule is CCCCCOc1ncccc1CN. The lowest BCUT2D eigenvalue weighted by molar-refractivity contribution is 0.292. The van der Waals surface area contributed by atoms with Gasteiger partial charge in [-0.3, -0.25) is 0 Å². The maximum absolute atomic E-state index is 5.56. The number of rotatable bonds is 6. The Hall–Kier alpha value is -1.09. The second-order valence-corrected chi connectivity index (χ2v) is 3.23. The first-order valence-electron chi connectivity index (χ1n) is 5.15. The van der Waals surface area contributed by atoms with Crippen LogP contribution in [0.15, 0.2) is 18.3 Å². The van der Waals surface area contributed by atoms with Crippen LogP contribution in [0.3, 0.4) is 0 Å². The number of hydrogen-bond acceptors (Lipinski definition) is 3. The van der Waals surface area contributed by atoms with Crippen LogP contribution in [0.2, 0.25) is 0 Å². The first-order chi connectivity index (χ1) is 6.88. The average Bonchev–Trinajstić information content (AvgIpc) is 2.25. The van der Waals surface area contributed by atoms with Gasteiger partial charge in [-0.15, -0.1) is 0 Å². The predicted octanol–water partition coefficient (Wildman–Crippen LogP) is 2.11. The van der Waals surface area contributed by atoms with E-state index in [0.717, 1.165) is 18.6 Å². The summed E-state index contributed by atoms with van der Waals surface area (Å²) in [4.78, 5) is 4.14. The lowest BCUT2D eigenvalue weighted by Gasteiger charge is -2.07. The predicted molar refractivity (Wildman–Crippen MR) is 57.1 cm³/mol. The van der Waals surface area contributed by atoms with Crippen molar-refractivity contribution in [3.63, 3.8) is 0 Å². The lowest BCUT2D eigenvalue weighted by Crippen LogP contribution is -2.05. The van der Waals surface area contributed by atoms with Crippen LogP contribution >= 0.6 is 0 Å². The van der Waals surface area contributed by atoms with E-state index in [2.05, 4.69) is 11.9 Å². The van der Waals surface area contributed by atoms with Gasteiger partial charge in [-0.05, 0) is 12.5 Å². The number of unbranched alkanes of at least 4 members (excludes halogenated alkanes) is 2. The summed E-state index contributed by atoms with van der Waals surface area (Å²) in [7, 11) is 0. The average molecular weight is 194 g/mol. The molecule has 0 aromatic carbocycles. The van der Waals surface area contributed by atoms with Gasteiger partial charge < -0.3 is 10.5 Å². The Morgan fingerprint density at radius 2 is 2.29 bits per heavy atom. The maximum atomic E-state index is 5.56. The van der Waals surface area contributed by atoms with E-state index >= 15 is 0 Å². The summed E-state index contributed by atoms with van der Waals surface area (Å²) in [6.07, 6.45) is 5.21. The molecule has 0 aliphatic rings. The Bertz CT molecular complexity index is 263. The largest absolute Gasteiger partial charge is 0.477 e. The summed E-state index contributed by atoms with van der Waals surface area (Å²) >= 11 is 0. The van der Waals surface area contributed by atoms with Crippen LogP contribution in [0.1, 0.15) is 31.7 Å². The van der Waals surface area contributed by atoms with E-state index in [1.807, 2.05) is 12.1 Å². The van der Waals surface area contributed by atoms with Gasteiger partial charge in [0.25, 0.3) is 0 Å². The molecule has 0 saturated heterocycles. The minimum Gasteiger partial charge on any atom is -0.477 e. The van der Waals surface area contributed by atoms with Crippen LogP contribution in [0.4, 0.5) is 0 Å². The maximum Gasteiger partial charge on any atom is 0.217 e. The molecule has 78 valence electrons. The fraction of sp³-hybridized carbons (Fsp3) is 0.545. The molecule has 3 nitrogen and oxygen atoms in total. The molecule has 0 radical (unpaired) electrons. The summed E-state index contributed by atoms with van der Waals surface area (Å²) in [5.41, 5.74) is 6.54. The van der Waals surface area contributed by atoms with Crippen molar-refractivity contribution >= 4 is 0 Å². The molecule has 1 aromatic heterocycles. The smallest absolute Gasteiger partial charge is 0.217 e. The molecule has 0 atom stereocenters. The van der Waals surface area contributed by atoms with Gasteiger partial charge >= 0.3 is 0 Å². The number of hydrogen-bond donors (Lipinski definition) is 1. The lowest BCUT2D eigenvalue weighted by atomic mass is 10.2. The Balaban J connectivity index is 2.41. The summed E-state index contributed by atoms with van der Waals surface area (Å²) < 4.78 is 5.54.